The second-order valence-electron chi connectivity index (χ2n) is 4.02. The maximum absolute atomic E-state index is 5.63. The van der Waals surface area contributed by atoms with Crippen molar-refractivity contribution in [3.8, 4) is 0 Å². The minimum absolute atomic E-state index is 0.348. The average Bonchev–Trinajstić information content (AvgIpc) is 2.36. The monoisotopic (exact) mass is 234 g/mol. The Kier molecular flexibility index (Phi) is 7.30. The summed E-state index contributed by atoms with van der Waals surface area (Å²) < 4.78 is 5.63. The number of benzene rings is 1. The van der Waals surface area contributed by atoms with Crippen LogP contribution in [0.2, 0.25) is 0 Å². The summed E-state index contributed by atoms with van der Waals surface area (Å²) in [6, 6.07) is 10.6. The maximum Gasteiger partial charge on any atom is 0.0717 e. The van der Waals surface area contributed by atoms with Gasteiger partial charge in [-0.2, -0.15) is 0 Å². The highest BCUT2D eigenvalue weighted by Crippen LogP contribution is 2.00. The Bertz CT molecular complexity index is 311. The summed E-state index contributed by atoms with van der Waals surface area (Å²) in [5, 5.41) is 3.34. The van der Waals surface area contributed by atoms with Crippen molar-refractivity contribution >= 4 is 0 Å². The van der Waals surface area contributed by atoms with Gasteiger partial charge >= 0.3 is 0 Å². The first kappa shape index (κ1) is 13.9. The summed E-state index contributed by atoms with van der Waals surface area (Å²) in [6.07, 6.45) is 3.98. The molecule has 1 aromatic rings. The molecule has 1 rings (SSSR count). The highest BCUT2D eigenvalue weighted by molar-refractivity contribution is 5.13. The summed E-state index contributed by atoms with van der Waals surface area (Å²) in [6.45, 7) is 4.94. The summed E-state index contributed by atoms with van der Waals surface area (Å²) in [7, 11) is 0. The second kappa shape index (κ2) is 8.93. The molecule has 3 N–H and O–H groups in total. The van der Waals surface area contributed by atoms with Crippen LogP contribution in [-0.4, -0.2) is 25.7 Å². The first-order valence-electron chi connectivity index (χ1n) is 6.03. The molecule has 0 aliphatic heterocycles. The van der Waals surface area contributed by atoms with Gasteiger partial charge < -0.3 is 15.8 Å². The van der Waals surface area contributed by atoms with Crippen molar-refractivity contribution in [1.82, 2.24) is 5.32 Å². The molecule has 0 aliphatic carbocycles. The highest BCUT2D eigenvalue weighted by Gasteiger charge is 1.99. The summed E-state index contributed by atoms with van der Waals surface area (Å²) in [4.78, 5) is 0. The fourth-order valence-corrected chi connectivity index (χ4v) is 1.44. The SMILES string of the molecule is CC(COCc1ccccc1)NC/C=C/CN. The summed E-state index contributed by atoms with van der Waals surface area (Å²) >= 11 is 0. The lowest BCUT2D eigenvalue weighted by Crippen LogP contribution is -2.30. The summed E-state index contributed by atoms with van der Waals surface area (Å²) in [5.41, 5.74) is 6.56. The third-order valence-corrected chi connectivity index (χ3v) is 2.37. The first-order valence-corrected chi connectivity index (χ1v) is 6.03. The Morgan fingerprint density at radius 3 is 2.76 bits per heavy atom. The molecular weight excluding hydrogens is 212 g/mol. The molecule has 0 heterocycles. The lowest BCUT2D eigenvalue weighted by molar-refractivity contribution is 0.104. The van der Waals surface area contributed by atoms with Gasteiger partial charge in [-0.1, -0.05) is 42.5 Å². The molecule has 1 unspecified atom stereocenters. The lowest BCUT2D eigenvalue weighted by Gasteiger charge is -2.12. The average molecular weight is 234 g/mol. The summed E-state index contributed by atoms with van der Waals surface area (Å²) in [5.74, 6) is 0. The molecule has 0 aromatic heterocycles. The fourth-order valence-electron chi connectivity index (χ4n) is 1.44. The van der Waals surface area contributed by atoms with Crippen molar-refractivity contribution in [2.75, 3.05) is 19.7 Å². The van der Waals surface area contributed by atoms with E-state index in [0.717, 1.165) is 6.54 Å². The maximum atomic E-state index is 5.63. The van der Waals surface area contributed by atoms with Crippen LogP contribution in [0.3, 0.4) is 0 Å². The molecule has 17 heavy (non-hydrogen) atoms. The number of nitrogens with two attached hydrogens (primary N) is 1. The molecule has 0 saturated carbocycles. The second-order valence-corrected chi connectivity index (χ2v) is 4.02. The van der Waals surface area contributed by atoms with Gasteiger partial charge in [0.05, 0.1) is 13.2 Å². The first-order chi connectivity index (χ1) is 8.33. The zero-order valence-electron chi connectivity index (χ0n) is 10.4. The van der Waals surface area contributed by atoms with Gasteiger partial charge in [-0.25, -0.2) is 0 Å². The van der Waals surface area contributed by atoms with Crippen molar-refractivity contribution < 1.29 is 4.74 Å². The quantitative estimate of drug-likeness (QED) is 0.673. The zero-order chi connectivity index (χ0) is 12.3. The van der Waals surface area contributed by atoms with Gasteiger partial charge in [-0.3, -0.25) is 0 Å². The van der Waals surface area contributed by atoms with Crippen LogP contribution in [0.25, 0.3) is 0 Å². The largest absolute Gasteiger partial charge is 0.375 e. The van der Waals surface area contributed by atoms with E-state index in [1.54, 1.807) is 0 Å². The molecule has 1 atom stereocenters. The van der Waals surface area contributed by atoms with E-state index in [1.165, 1.54) is 5.56 Å². The van der Waals surface area contributed by atoms with Gasteiger partial charge in [0.1, 0.15) is 0 Å². The molecule has 1 aromatic carbocycles. The molecule has 0 saturated heterocycles. The lowest BCUT2D eigenvalue weighted by atomic mass is 10.2. The molecule has 0 bridgehead atoms. The van der Waals surface area contributed by atoms with E-state index < -0.39 is 0 Å². The smallest absolute Gasteiger partial charge is 0.0717 e. The van der Waals surface area contributed by atoms with Gasteiger partial charge in [0.15, 0.2) is 0 Å². The van der Waals surface area contributed by atoms with Crippen LogP contribution in [0, 0.1) is 0 Å². The number of rotatable bonds is 8. The predicted molar refractivity (Wildman–Crippen MR) is 71.8 cm³/mol. The third-order valence-electron chi connectivity index (χ3n) is 2.37. The number of ether oxygens (including phenoxy) is 1. The van der Waals surface area contributed by atoms with E-state index in [-0.39, 0.29) is 0 Å². The van der Waals surface area contributed by atoms with Crippen LogP contribution < -0.4 is 11.1 Å². The molecule has 0 radical (unpaired) electrons. The van der Waals surface area contributed by atoms with E-state index in [0.29, 0.717) is 25.8 Å². The van der Waals surface area contributed by atoms with Gasteiger partial charge in [0.2, 0.25) is 0 Å². The van der Waals surface area contributed by atoms with E-state index >= 15 is 0 Å². The van der Waals surface area contributed by atoms with Crippen molar-refractivity contribution in [3.05, 3.63) is 48.0 Å². The number of hydrogen-bond donors (Lipinski definition) is 2. The topological polar surface area (TPSA) is 47.3 Å². The Hall–Kier alpha value is -1.16. The standard InChI is InChI=1S/C14H22N2O/c1-13(16-10-6-5-9-15)11-17-12-14-7-3-2-4-8-14/h2-8,13,16H,9-12,15H2,1H3/b6-5+. The van der Waals surface area contributed by atoms with E-state index in [1.807, 2.05) is 30.4 Å². The van der Waals surface area contributed by atoms with Crippen LogP contribution in [-0.2, 0) is 11.3 Å². The Morgan fingerprint density at radius 1 is 1.29 bits per heavy atom. The van der Waals surface area contributed by atoms with Crippen LogP contribution in [0.4, 0.5) is 0 Å². The van der Waals surface area contributed by atoms with Gasteiger partial charge in [-0.05, 0) is 12.5 Å². The highest BCUT2D eigenvalue weighted by atomic mass is 16.5. The molecule has 3 nitrogen and oxygen atoms in total. The molecule has 0 aliphatic rings. The van der Waals surface area contributed by atoms with E-state index in [9.17, 15) is 0 Å². The minimum atomic E-state index is 0.348. The zero-order valence-corrected chi connectivity index (χ0v) is 10.4. The van der Waals surface area contributed by atoms with Crippen molar-refractivity contribution in [2.24, 2.45) is 5.73 Å². The molecule has 0 amide bonds. The van der Waals surface area contributed by atoms with Crippen molar-refractivity contribution in [1.29, 1.82) is 0 Å². The van der Waals surface area contributed by atoms with Gasteiger partial charge in [0.25, 0.3) is 0 Å². The third kappa shape index (κ3) is 6.89. The van der Waals surface area contributed by atoms with Crippen LogP contribution in [0.15, 0.2) is 42.5 Å². The normalized spacial score (nSPS) is 13.1. The van der Waals surface area contributed by atoms with E-state index in [2.05, 4.69) is 24.4 Å². The molecule has 0 spiro atoms. The fraction of sp³-hybridized carbons (Fsp3) is 0.429. The Labute approximate surface area is 104 Å². The van der Waals surface area contributed by atoms with Crippen LogP contribution >= 0.6 is 0 Å². The number of hydrogen-bond acceptors (Lipinski definition) is 3. The van der Waals surface area contributed by atoms with E-state index in [4.69, 9.17) is 10.5 Å². The van der Waals surface area contributed by atoms with Crippen molar-refractivity contribution in [2.45, 2.75) is 19.6 Å². The molecule has 94 valence electrons. The minimum Gasteiger partial charge on any atom is -0.375 e. The van der Waals surface area contributed by atoms with Crippen LogP contribution in [0.1, 0.15) is 12.5 Å². The van der Waals surface area contributed by atoms with Crippen molar-refractivity contribution in [3.63, 3.8) is 0 Å². The van der Waals surface area contributed by atoms with Crippen LogP contribution in [0.5, 0.6) is 0 Å². The van der Waals surface area contributed by atoms with Gasteiger partial charge in [0, 0.05) is 19.1 Å². The molecular formula is C14H22N2O. The Balaban J connectivity index is 2.08. The molecule has 3 heteroatoms. The number of nitrogens with one attached hydrogen (secondary N) is 1. The predicted octanol–water partition coefficient (Wildman–Crippen LogP) is 1.70. The Morgan fingerprint density at radius 2 is 2.06 bits per heavy atom. The van der Waals surface area contributed by atoms with Gasteiger partial charge in [-0.15, -0.1) is 0 Å². The molecule has 0 fully saturated rings.